The molecule has 0 spiro atoms. The number of nitrogens with one attached hydrogen (secondary N) is 2. The fraction of sp³-hybridized carbons (Fsp3) is 0.222. The standard InChI is InChI=1S/C18H20N4O5/c1-25-14-8-13(9-15(26-2)17(14)27-3)18(24)20-11-16(23)22-21-10-12-4-6-19-7-5-12/h4-10H,11H2,1-3H3,(H,20,24)(H,22,23)/b21-10+. The average molecular weight is 372 g/mol. The fourth-order valence-electron chi connectivity index (χ4n) is 2.14. The molecule has 2 aromatic rings. The molecule has 0 aliphatic carbocycles. The summed E-state index contributed by atoms with van der Waals surface area (Å²) in [4.78, 5) is 28.0. The van der Waals surface area contributed by atoms with Gasteiger partial charge >= 0.3 is 0 Å². The van der Waals surface area contributed by atoms with Crippen LogP contribution in [0.25, 0.3) is 0 Å². The van der Waals surface area contributed by atoms with Gasteiger partial charge < -0.3 is 19.5 Å². The van der Waals surface area contributed by atoms with Crippen molar-refractivity contribution in [1.82, 2.24) is 15.7 Å². The van der Waals surface area contributed by atoms with Crippen molar-refractivity contribution >= 4 is 18.0 Å². The van der Waals surface area contributed by atoms with Gasteiger partial charge in [-0.2, -0.15) is 5.10 Å². The summed E-state index contributed by atoms with van der Waals surface area (Å²) in [6.07, 6.45) is 4.70. The maximum absolute atomic E-state index is 12.3. The minimum atomic E-state index is -0.471. The van der Waals surface area contributed by atoms with Gasteiger partial charge in [-0.25, -0.2) is 5.43 Å². The third-order valence-electron chi connectivity index (χ3n) is 3.45. The molecule has 0 atom stereocenters. The Morgan fingerprint density at radius 3 is 2.26 bits per heavy atom. The first-order valence-electron chi connectivity index (χ1n) is 7.89. The average Bonchev–Trinajstić information content (AvgIpc) is 2.71. The zero-order valence-electron chi connectivity index (χ0n) is 15.2. The number of rotatable bonds is 8. The van der Waals surface area contributed by atoms with Crippen LogP contribution in [-0.2, 0) is 4.79 Å². The Morgan fingerprint density at radius 2 is 1.70 bits per heavy atom. The van der Waals surface area contributed by atoms with E-state index in [1.165, 1.54) is 39.7 Å². The van der Waals surface area contributed by atoms with Gasteiger partial charge in [0.25, 0.3) is 11.8 Å². The van der Waals surface area contributed by atoms with Gasteiger partial charge in [-0.1, -0.05) is 0 Å². The highest BCUT2D eigenvalue weighted by Crippen LogP contribution is 2.38. The number of hydrogen-bond donors (Lipinski definition) is 2. The fourth-order valence-corrected chi connectivity index (χ4v) is 2.14. The minimum absolute atomic E-state index is 0.247. The summed E-state index contributed by atoms with van der Waals surface area (Å²) in [6, 6.07) is 6.47. The van der Waals surface area contributed by atoms with Gasteiger partial charge in [0.1, 0.15) is 0 Å². The Kier molecular flexibility index (Phi) is 7.12. The highest BCUT2D eigenvalue weighted by atomic mass is 16.5. The maximum Gasteiger partial charge on any atom is 0.259 e. The highest BCUT2D eigenvalue weighted by Gasteiger charge is 2.17. The molecule has 142 valence electrons. The Hall–Kier alpha value is -3.62. The van der Waals surface area contributed by atoms with Crippen LogP contribution in [0.3, 0.4) is 0 Å². The summed E-state index contributed by atoms with van der Waals surface area (Å²) >= 11 is 0. The molecule has 0 saturated heterocycles. The molecular formula is C18H20N4O5. The molecule has 0 radical (unpaired) electrons. The molecule has 2 rings (SSSR count). The lowest BCUT2D eigenvalue weighted by molar-refractivity contribution is -0.120. The van der Waals surface area contributed by atoms with Crippen LogP contribution in [0, 0.1) is 0 Å². The van der Waals surface area contributed by atoms with Crippen molar-refractivity contribution in [1.29, 1.82) is 0 Å². The summed E-state index contributed by atoms with van der Waals surface area (Å²) in [5.41, 5.74) is 3.37. The number of ether oxygens (including phenoxy) is 3. The van der Waals surface area contributed by atoms with E-state index in [4.69, 9.17) is 14.2 Å². The van der Waals surface area contributed by atoms with Crippen LogP contribution >= 0.6 is 0 Å². The van der Waals surface area contributed by atoms with Crippen LogP contribution < -0.4 is 25.0 Å². The predicted molar refractivity (Wildman–Crippen MR) is 98.4 cm³/mol. The van der Waals surface area contributed by atoms with Crippen LogP contribution in [-0.4, -0.2) is 50.9 Å². The summed E-state index contributed by atoms with van der Waals surface area (Å²) in [7, 11) is 4.37. The van der Waals surface area contributed by atoms with Gasteiger partial charge in [-0.15, -0.1) is 0 Å². The van der Waals surface area contributed by atoms with Crippen molar-refractivity contribution in [2.75, 3.05) is 27.9 Å². The molecule has 0 aliphatic rings. The van der Waals surface area contributed by atoms with Crippen molar-refractivity contribution < 1.29 is 23.8 Å². The lowest BCUT2D eigenvalue weighted by Gasteiger charge is -2.14. The van der Waals surface area contributed by atoms with E-state index in [9.17, 15) is 9.59 Å². The Bertz CT molecular complexity index is 799. The zero-order chi connectivity index (χ0) is 19.6. The lowest BCUT2D eigenvalue weighted by atomic mass is 10.1. The SMILES string of the molecule is COc1cc(C(=O)NCC(=O)N/N=C/c2ccncc2)cc(OC)c1OC. The second-order valence-corrected chi connectivity index (χ2v) is 5.17. The van der Waals surface area contributed by atoms with Gasteiger partial charge in [0.15, 0.2) is 11.5 Å². The molecule has 0 saturated carbocycles. The van der Waals surface area contributed by atoms with Crippen LogP contribution in [0.4, 0.5) is 0 Å². The molecule has 0 aliphatic heterocycles. The third kappa shape index (κ3) is 5.43. The maximum atomic E-state index is 12.3. The second-order valence-electron chi connectivity index (χ2n) is 5.17. The topological polar surface area (TPSA) is 111 Å². The molecule has 9 nitrogen and oxygen atoms in total. The second kappa shape index (κ2) is 9.76. The molecule has 2 N–H and O–H groups in total. The summed E-state index contributed by atoms with van der Waals surface area (Å²) in [5, 5.41) is 6.31. The van der Waals surface area contributed by atoms with Gasteiger partial charge in [-0.05, 0) is 29.8 Å². The summed E-state index contributed by atoms with van der Waals surface area (Å²) in [6.45, 7) is -0.247. The van der Waals surface area contributed by atoms with E-state index in [2.05, 4.69) is 20.8 Å². The largest absolute Gasteiger partial charge is 0.493 e. The molecular weight excluding hydrogens is 352 g/mol. The van der Waals surface area contributed by atoms with E-state index in [0.717, 1.165) is 5.56 Å². The number of carbonyl (C=O) groups excluding carboxylic acids is 2. The van der Waals surface area contributed by atoms with E-state index in [0.29, 0.717) is 17.2 Å². The van der Waals surface area contributed by atoms with Crippen molar-refractivity contribution in [3.8, 4) is 17.2 Å². The molecule has 27 heavy (non-hydrogen) atoms. The number of amides is 2. The van der Waals surface area contributed by atoms with Crippen molar-refractivity contribution in [3.63, 3.8) is 0 Å². The Morgan fingerprint density at radius 1 is 1.07 bits per heavy atom. The van der Waals surface area contributed by atoms with E-state index in [1.54, 1.807) is 24.5 Å². The molecule has 1 aromatic heterocycles. The minimum Gasteiger partial charge on any atom is -0.493 e. The normalized spacial score (nSPS) is 10.3. The first-order valence-corrected chi connectivity index (χ1v) is 7.89. The van der Waals surface area contributed by atoms with Crippen LogP contribution in [0.5, 0.6) is 17.2 Å². The van der Waals surface area contributed by atoms with Gasteiger partial charge in [0, 0.05) is 18.0 Å². The molecule has 0 fully saturated rings. The number of nitrogens with zero attached hydrogens (tertiary/aromatic N) is 2. The number of methoxy groups -OCH3 is 3. The smallest absolute Gasteiger partial charge is 0.259 e. The van der Waals surface area contributed by atoms with Crippen LogP contribution in [0.2, 0.25) is 0 Å². The third-order valence-corrected chi connectivity index (χ3v) is 3.45. The summed E-state index contributed by atoms with van der Waals surface area (Å²) < 4.78 is 15.6. The van der Waals surface area contributed by atoms with Crippen LogP contribution in [0.15, 0.2) is 41.8 Å². The lowest BCUT2D eigenvalue weighted by Crippen LogP contribution is -2.34. The van der Waals surface area contributed by atoms with E-state index >= 15 is 0 Å². The van der Waals surface area contributed by atoms with Gasteiger partial charge in [-0.3, -0.25) is 14.6 Å². The Balaban J connectivity index is 1.95. The van der Waals surface area contributed by atoms with Crippen molar-refractivity contribution in [3.05, 3.63) is 47.8 Å². The van der Waals surface area contributed by atoms with E-state index in [-0.39, 0.29) is 12.1 Å². The van der Waals surface area contributed by atoms with E-state index < -0.39 is 11.8 Å². The van der Waals surface area contributed by atoms with E-state index in [1.807, 2.05) is 0 Å². The molecule has 1 heterocycles. The first kappa shape index (κ1) is 19.7. The van der Waals surface area contributed by atoms with Crippen molar-refractivity contribution in [2.45, 2.75) is 0 Å². The number of hydrazone groups is 1. The molecule has 1 aromatic carbocycles. The number of aromatic nitrogens is 1. The zero-order valence-corrected chi connectivity index (χ0v) is 15.2. The van der Waals surface area contributed by atoms with Crippen LogP contribution in [0.1, 0.15) is 15.9 Å². The van der Waals surface area contributed by atoms with Gasteiger partial charge in [0.2, 0.25) is 5.75 Å². The number of hydrogen-bond acceptors (Lipinski definition) is 7. The number of benzene rings is 1. The number of carbonyl (C=O) groups is 2. The predicted octanol–water partition coefficient (Wildman–Crippen LogP) is 0.987. The number of pyridine rings is 1. The quantitative estimate of drug-likeness (QED) is 0.528. The molecule has 0 unspecified atom stereocenters. The highest BCUT2D eigenvalue weighted by molar-refractivity contribution is 5.97. The monoisotopic (exact) mass is 372 g/mol. The molecule has 0 bridgehead atoms. The molecule has 2 amide bonds. The van der Waals surface area contributed by atoms with Crippen molar-refractivity contribution in [2.24, 2.45) is 5.10 Å². The Labute approximate surface area is 156 Å². The first-order chi connectivity index (χ1) is 13.1. The summed E-state index contributed by atoms with van der Waals surface area (Å²) in [5.74, 6) is 0.116. The molecule has 9 heteroatoms. The van der Waals surface area contributed by atoms with Gasteiger partial charge in [0.05, 0.1) is 34.1 Å².